The van der Waals surface area contributed by atoms with Crippen molar-refractivity contribution in [3.8, 4) is 5.75 Å². The van der Waals surface area contributed by atoms with Crippen molar-refractivity contribution < 1.29 is 4.74 Å². The fourth-order valence-electron chi connectivity index (χ4n) is 2.48. The first-order valence-corrected chi connectivity index (χ1v) is 6.35. The second-order valence-electron chi connectivity index (χ2n) is 5.21. The third kappa shape index (κ3) is 1.88. The number of aromatic amines is 1. The Labute approximate surface area is 112 Å². The highest BCUT2D eigenvalue weighted by Crippen LogP contribution is 2.40. The predicted octanol–water partition coefficient (Wildman–Crippen LogP) is 3.37. The van der Waals surface area contributed by atoms with Crippen LogP contribution in [0.25, 0.3) is 10.9 Å². The van der Waals surface area contributed by atoms with Crippen molar-refractivity contribution in [3.05, 3.63) is 28.4 Å². The normalized spacial score (nSPS) is 12.1. The number of halogens is 1. The van der Waals surface area contributed by atoms with Crippen LogP contribution in [-0.2, 0) is 5.41 Å². The van der Waals surface area contributed by atoms with Gasteiger partial charge in [-0.15, -0.1) is 0 Å². The number of nitrogens with two attached hydrogens (primary N) is 1. The van der Waals surface area contributed by atoms with Gasteiger partial charge in [-0.05, 0) is 24.6 Å². The number of hydrogen-bond acceptors (Lipinski definition) is 2. The highest BCUT2D eigenvalue weighted by atomic mass is 35.5. The Kier molecular flexibility index (Phi) is 3.30. The minimum atomic E-state index is -0.127. The SMILES string of the molecule is COc1ccc(Cl)c2c(C(C)(C)CN)c(C)[nH]c12. The molecule has 0 bridgehead atoms. The summed E-state index contributed by atoms with van der Waals surface area (Å²) in [4.78, 5) is 3.36. The van der Waals surface area contributed by atoms with Crippen LogP contribution in [0.3, 0.4) is 0 Å². The molecule has 0 radical (unpaired) electrons. The smallest absolute Gasteiger partial charge is 0.143 e. The van der Waals surface area contributed by atoms with E-state index >= 15 is 0 Å². The molecule has 1 heterocycles. The van der Waals surface area contributed by atoms with Gasteiger partial charge in [0.1, 0.15) is 5.75 Å². The van der Waals surface area contributed by atoms with Crippen molar-refractivity contribution in [2.24, 2.45) is 5.73 Å². The summed E-state index contributed by atoms with van der Waals surface area (Å²) in [5.41, 5.74) is 8.97. The molecule has 3 N–H and O–H groups in total. The molecule has 0 aliphatic heterocycles. The minimum absolute atomic E-state index is 0.127. The molecule has 2 aromatic rings. The van der Waals surface area contributed by atoms with Gasteiger partial charge in [0.15, 0.2) is 0 Å². The summed E-state index contributed by atoms with van der Waals surface area (Å²) < 4.78 is 5.38. The van der Waals surface area contributed by atoms with Gasteiger partial charge in [-0.3, -0.25) is 0 Å². The zero-order valence-electron chi connectivity index (χ0n) is 11.2. The van der Waals surface area contributed by atoms with E-state index in [2.05, 4.69) is 18.8 Å². The Morgan fingerprint density at radius 1 is 1.39 bits per heavy atom. The van der Waals surface area contributed by atoms with Gasteiger partial charge < -0.3 is 15.5 Å². The van der Waals surface area contributed by atoms with Gasteiger partial charge in [0.05, 0.1) is 17.6 Å². The number of hydrogen-bond donors (Lipinski definition) is 2. The third-order valence-electron chi connectivity index (χ3n) is 3.46. The largest absolute Gasteiger partial charge is 0.495 e. The molecule has 18 heavy (non-hydrogen) atoms. The van der Waals surface area contributed by atoms with E-state index in [1.165, 1.54) is 5.56 Å². The molecule has 0 amide bonds. The van der Waals surface area contributed by atoms with Gasteiger partial charge >= 0.3 is 0 Å². The van der Waals surface area contributed by atoms with E-state index in [0.717, 1.165) is 27.4 Å². The highest BCUT2D eigenvalue weighted by Gasteiger charge is 2.27. The fraction of sp³-hybridized carbons (Fsp3) is 0.429. The van der Waals surface area contributed by atoms with Gasteiger partial charge in [-0.25, -0.2) is 0 Å². The van der Waals surface area contributed by atoms with Gasteiger partial charge in [-0.2, -0.15) is 0 Å². The van der Waals surface area contributed by atoms with Gasteiger partial charge in [-0.1, -0.05) is 25.4 Å². The Morgan fingerprint density at radius 3 is 2.61 bits per heavy atom. The first-order chi connectivity index (χ1) is 8.42. The standard InChI is InChI=1S/C14H19ClN2O/c1-8-12(14(2,3)7-16)11-9(15)5-6-10(18-4)13(11)17-8/h5-6,17H,7,16H2,1-4H3. The van der Waals surface area contributed by atoms with Crippen molar-refractivity contribution in [2.45, 2.75) is 26.2 Å². The van der Waals surface area contributed by atoms with Crippen LogP contribution >= 0.6 is 11.6 Å². The van der Waals surface area contributed by atoms with Gasteiger partial charge in [0, 0.05) is 23.0 Å². The van der Waals surface area contributed by atoms with Crippen molar-refractivity contribution in [1.29, 1.82) is 0 Å². The molecule has 2 rings (SSSR count). The zero-order valence-corrected chi connectivity index (χ0v) is 12.0. The quantitative estimate of drug-likeness (QED) is 0.895. The zero-order chi connectivity index (χ0) is 13.5. The summed E-state index contributed by atoms with van der Waals surface area (Å²) in [6.45, 7) is 6.85. The van der Waals surface area contributed by atoms with Crippen molar-refractivity contribution in [1.82, 2.24) is 4.98 Å². The number of fused-ring (bicyclic) bond motifs is 1. The predicted molar refractivity (Wildman–Crippen MR) is 76.7 cm³/mol. The molecule has 0 fully saturated rings. The molecule has 3 nitrogen and oxygen atoms in total. The average Bonchev–Trinajstić information content (AvgIpc) is 2.68. The van der Waals surface area contributed by atoms with E-state index in [1.54, 1.807) is 7.11 Å². The number of benzene rings is 1. The van der Waals surface area contributed by atoms with E-state index < -0.39 is 0 Å². The molecule has 98 valence electrons. The number of nitrogens with one attached hydrogen (secondary N) is 1. The van der Waals surface area contributed by atoms with E-state index in [4.69, 9.17) is 22.1 Å². The van der Waals surface area contributed by atoms with E-state index in [-0.39, 0.29) is 5.41 Å². The highest BCUT2D eigenvalue weighted by molar-refractivity contribution is 6.36. The summed E-state index contributed by atoms with van der Waals surface area (Å²) in [5.74, 6) is 0.802. The van der Waals surface area contributed by atoms with E-state index in [9.17, 15) is 0 Å². The molecule has 0 atom stereocenters. The molecular weight excluding hydrogens is 248 g/mol. The number of methoxy groups -OCH3 is 1. The topological polar surface area (TPSA) is 51.0 Å². The average molecular weight is 267 g/mol. The maximum Gasteiger partial charge on any atom is 0.143 e. The van der Waals surface area contributed by atoms with Gasteiger partial charge in [0.25, 0.3) is 0 Å². The van der Waals surface area contributed by atoms with Crippen LogP contribution in [0.15, 0.2) is 12.1 Å². The number of rotatable bonds is 3. The monoisotopic (exact) mass is 266 g/mol. The van der Waals surface area contributed by atoms with Crippen LogP contribution in [-0.4, -0.2) is 18.6 Å². The minimum Gasteiger partial charge on any atom is -0.495 e. The van der Waals surface area contributed by atoms with Crippen LogP contribution in [0.5, 0.6) is 5.75 Å². The molecule has 0 aliphatic rings. The number of aryl methyl sites for hydroxylation is 1. The molecule has 0 unspecified atom stereocenters. The lowest BCUT2D eigenvalue weighted by molar-refractivity contribution is 0.419. The lowest BCUT2D eigenvalue weighted by Gasteiger charge is -2.23. The molecule has 0 spiro atoms. The maximum atomic E-state index is 6.35. The number of ether oxygens (including phenoxy) is 1. The summed E-state index contributed by atoms with van der Waals surface area (Å²) in [7, 11) is 1.66. The summed E-state index contributed by atoms with van der Waals surface area (Å²) in [5, 5.41) is 1.75. The summed E-state index contributed by atoms with van der Waals surface area (Å²) in [6.07, 6.45) is 0. The summed E-state index contributed by atoms with van der Waals surface area (Å²) in [6, 6.07) is 3.74. The van der Waals surface area contributed by atoms with Crippen molar-refractivity contribution in [3.63, 3.8) is 0 Å². The van der Waals surface area contributed by atoms with Crippen LogP contribution < -0.4 is 10.5 Å². The number of aromatic nitrogens is 1. The molecule has 4 heteroatoms. The van der Waals surface area contributed by atoms with E-state index in [1.807, 2.05) is 19.1 Å². The molecule has 1 aromatic heterocycles. The molecule has 1 aromatic carbocycles. The number of H-pyrrole nitrogens is 1. The second kappa shape index (κ2) is 4.48. The third-order valence-corrected chi connectivity index (χ3v) is 3.78. The Morgan fingerprint density at radius 2 is 2.06 bits per heavy atom. The molecule has 0 saturated heterocycles. The first kappa shape index (κ1) is 13.2. The van der Waals surface area contributed by atoms with Crippen LogP contribution in [0.4, 0.5) is 0 Å². The van der Waals surface area contributed by atoms with Crippen LogP contribution in [0.1, 0.15) is 25.1 Å². The van der Waals surface area contributed by atoms with Crippen molar-refractivity contribution >= 4 is 22.5 Å². The van der Waals surface area contributed by atoms with Crippen molar-refractivity contribution in [2.75, 3.05) is 13.7 Å². The molecule has 0 aliphatic carbocycles. The lowest BCUT2D eigenvalue weighted by atomic mass is 9.83. The second-order valence-corrected chi connectivity index (χ2v) is 5.62. The molecule has 0 saturated carbocycles. The first-order valence-electron chi connectivity index (χ1n) is 5.97. The lowest BCUT2D eigenvalue weighted by Crippen LogP contribution is -2.28. The van der Waals surface area contributed by atoms with Crippen LogP contribution in [0.2, 0.25) is 5.02 Å². The maximum absolute atomic E-state index is 6.35. The Hall–Kier alpha value is -1.19. The Bertz CT molecular complexity index is 587. The van der Waals surface area contributed by atoms with Gasteiger partial charge in [0.2, 0.25) is 0 Å². The summed E-state index contributed by atoms with van der Waals surface area (Å²) >= 11 is 6.35. The fourth-order valence-corrected chi connectivity index (χ4v) is 2.73. The van der Waals surface area contributed by atoms with E-state index in [0.29, 0.717) is 6.54 Å². The van der Waals surface area contributed by atoms with Crippen LogP contribution in [0, 0.1) is 6.92 Å². The molecular formula is C14H19ClN2O. The Balaban J connectivity index is 2.87.